The predicted octanol–water partition coefficient (Wildman–Crippen LogP) is 4.85. The molecule has 0 saturated carbocycles. The van der Waals surface area contributed by atoms with Gasteiger partial charge in [-0.2, -0.15) is 18.3 Å². The van der Waals surface area contributed by atoms with Crippen LogP contribution in [-0.4, -0.2) is 16.0 Å². The molecule has 3 nitrogen and oxygen atoms in total. The molecule has 0 unspecified atom stereocenters. The Morgan fingerprint density at radius 1 is 1.19 bits per heavy atom. The van der Waals surface area contributed by atoms with Crippen LogP contribution in [0.1, 0.15) is 24.1 Å². The van der Waals surface area contributed by atoms with Gasteiger partial charge in [0.2, 0.25) is 0 Å². The Hall–Kier alpha value is -1.40. The van der Waals surface area contributed by atoms with E-state index in [-0.39, 0.29) is 6.42 Å². The first-order valence-corrected chi connectivity index (χ1v) is 6.93. The quantitative estimate of drug-likeness (QED) is 0.807. The van der Waals surface area contributed by atoms with Crippen LogP contribution in [0.5, 0.6) is 0 Å². The second kappa shape index (κ2) is 5.10. The number of benzene rings is 1. The largest absolute Gasteiger partial charge is 0.410 e. The molecule has 0 saturated heterocycles. The molecule has 2 aromatic rings. The zero-order valence-corrected chi connectivity index (χ0v) is 12.0. The van der Waals surface area contributed by atoms with Crippen LogP contribution in [0.3, 0.4) is 0 Å². The highest BCUT2D eigenvalue weighted by Gasteiger charge is 2.46. The van der Waals surface area contributed by atoms with E-state index in [0.717, 1.165) is 4.68 Å². The van der Waals surface area contributed by atoms with Gasteiger partial charge in [-0.15, -0.1) is 0 Å². The number of nitrogens with zero attached hydrogens (tertiary/aromatic N) is 2. The van der Waals surface area contributed by atoms with Crippen LogP contribution in [0.15, 0.2) is 30.5 Å². The van der Waals surface area contributed by atoms with Crippen LogP contribution in [0.2, 0.25) is 10.0 Å². The van der Waals surface area contributed by atoms with Gasteiger partial charge in [0.25, 0.3) is 0 Å². The Morgan fingerprint density at radius 3 is 2.62 bits per heavy atom. The molecule has 112 valence electrons. The number of rotatable bonds is 1. The Bertz CT molecular complexity index is 669. The smallest absolute Gasteiger partial charge is 0.363 e. The predicted molar refractivity (Wildman–Crippen MR) is 74.8 cm³/mol. The molecule has 0 fully saturated rings. The number of anilines is 1. The average molecular weight is 336 g/mol. The molecular weight excluding hydrogens is 326 g/mol. The SMILES string of the molecule is FC(F)(F)[C@H]1C[C@H](c2ccc(Cl)c(Cl)c2)Nc2ccnn21. The molecule has 1 aromatic carbocycles. The maximum Gasteiger partial charge on any atom is 0.410 e. The average Bonchev–Trinajstić information content (AvgIpc) is 2.87. The minimum Gasteiger partial charge on any atom is -0.363 e. The van der Waals surface area contributed by atoms with Crippen LogP contribution in [0.25, 0.3) is 0 Å². The summed E-state index contributed by atoms with van der Waals surface area (Å²) in [6.45, 7) is 0. The maximum atomic E-state index is 13.2. The zero-order chi connectivity index (χ0) is 15.2. The van der Waals surface area contributed by atoms with Gasteiger partial charge in [-0.25, -0.2) is 4.68 Å². The van der Waals surface area contributed by atoms with E-state index in [1.54, 1.807) is 18.2 Å². The van der Waals surface area contributed by atoms with Crippen molar-refractivity contribution in [1.82, 2.24) is 9.78 Å². The highest BCUT2D eigenvalue weighted by atomic mass is 35.5. The Labute approximate surface area is 128 Å². The first-order chi connectivity index (χ1) is 9.86. The topological polar surface area (TPSA) is 29.9 Å². The van der Waals surface area contributed by atoms with E-state index in [0.29, 0.717) is 21.4 Å². The van der Waals surface area contributed by atoms with E-state index in [2.05, 4.69) is 10.4 Å². The third kappa shape index (κ3) is 2.70. The van der Waals surface area contributed by atoms with Gasteiger partial charge < -0.3 is 5.32 Å². The second-order valence-corrected chi connectivity index (χ2v) is 5.64. The van der Waals surface area contributed by atoms with Crippen molar-refractivity contribution >= 4 is 29.0 Å². The van der Waals surface area contributed by atoms with Gasteiger partial charge in [-0.3, -0.25) is 0 Å². The highest BCUT2D eigenvalue weighted by molar-refractivity contribution is 6.42. The zero-order valence-electron chi connectivity index (χ0n) is 10.5. The van der Waals surface area contributed by atoms with Crippen molar-refractivity contribution < 1.29 is 13.2 Å². The number of aromatic nitrogens is 2. The fourth-order valence-corrected chi connectivity index (χ4v) is 2.76. The lowest BCUT2D eigenvalue weighted by molar-refractivity contribution is -0.173. The van der Waals surface area contributed by atoms with E-state index in [4.69, 9.17) is 23.2 Å². The first-order valence-electron chi connectivity index (χ1n) is 6.18. The van der Waals surface area contributed by atoms with Gasteiger partial charge in [-0.1, -0.05) is 29.3 Å². The lowest BCUT2D eigenvalue weighted by Gasteiger charge is -2.33. The van der Waals surface area contributed by atoms with Crippen molar-refractivity contribution in [2.75, 3.05) is 5.32 Å². The number of alkyl halides is 3. The molecule has 1 N–H and O–H groups in total. The standard InChI is InChI=1S/C13H10Cl2F3N3/c14-8-2-1-7(5-9(8)15)10-6-11(13(16,17)18)21-12(20-10)3-4-19-21/h1-5,10-11,20H,6H2/t10-,11-/m1/s1. The molecule has 0 spiro atoms. The first kappa shape index (κ1) is 14.5. The van der Waals surface area contributed by atoms with E-state index in [1.165, 1.54) is 12.3 Å². The normalized spacial score (nSPS) is 21.8. The van der Waals surface area contributed by atoms with Gasteiger partial charge in [0, 0.05) is 12.5 Å². The summed E-state index contributed by atoms with van der Waals surface area (Å²) in [5.41, 5.74) is 0.658. The second-order valence-electron chi connectivity index (χ2n) is 4.82. The molecule has 0 aliphatic carbocycles. The third-order valence-electron chi connectivity index (χ3n) is 3.47. The maximum absolute atomic E-state index is 13.2. The van der Waals surface area contributed by atoms with Crippen molar-refractivity contribution in [3.8, 4) is 0 Å². The summed E-state index contributed by atoms with van der Waals surface area (Å²) in [6, 6.07) is 4.18. The summed E-state index contributed by atoms with van der Waals surface area (Å²) in [7, 11) is 0. The summed E-state index contributed by atoms with van der Waals surface area (Å²) in [5, 5.41) is 7.48. The van der Waals surface area contributed by atoms with Crippen molar-refractivity contribution in [3.63, 3.8) is 0 Å². The van der Waals surface area contributed by atoms with Gasteiger partial charge in [0.15, 0.2) is 6.04 Å². The van der Waals surface area contributed by atoms with Gasteiger partial charge in [-0.05, 0) is 17.7 Å². The number of nitrogens with one attached hydrogen (secondary N) is 1. The minimum absolute atomic E-state index is 0.157. The van der Waals surface area contributed by atoms with Gasteiger partial charge in [0.05, 0.1) is 22.3 Å². The minimum atomic E-state index is -4.36. The van der Waals surface area contributed by atoms with E-state index < -0.39 is 18.3 Å². The summed E-state index contributed by atoms with van der Waals surface area (Å²) in [6.07, 6.45) is -3.17. The van der Waals surface area contributed by atoms with Crippen molar-refractivity contribution in [1.29, 1.82) is 0 Å². The fourth-order valence-electron chi connectivity index (χ4n) is 2.46. The Morgan fingerprint density at radius 2 is 1.95 bits per heavy atom. The monoisotopic (exact) mass is 335 g/mol. The molecule has 8 heteroatoms. The van der Waals surface area contributed by atoms with Crippen LogP contribution < -0.4 is 5.32 Å². The molecular formula is C13H10Cl2F3N3. The molecule has 0 radical (unpaired) electrons. The summed E-state index contributed by atoms with van der Waals surface area (Å²) in [5.74, 6) is 0.333. The third-order valence-corrected chi connectivity index (χ3v) is 4.21. The van der Waals surface area contributed by atoms with Crippen molar-refractivity contribution in [2.24, 2.45) is 0 Å². The lowest BCUT2D eigenvalue weighted by atomic mass is 9.97. The molecule has 2 atom stereocenters. The van der Waals surface area contributed by atoms with E-state index >= 15 is 0 Å². The van der Waals surface area contributed by atoms with Gasteiger partial charge in [0.1, 0.15) is 5.82 Å². The highest BCUT2D eigenvalue weighted by Crippen LogP contribution is 2.43. The lowest BCUT2D eigenvalue weighted by Crippen LogP contribution is -2.35. The van der Waals surface area contributed by atoms with Gasteiger partial charge >= 0.3 is 6.18 Å². The van der Waals surface area contributed by atoms with Crippen LogP contribution in [-0.2, 0) is 0 Å². The number of hydrogen-bond donors (Lipinski definition) is 1. The molecule has 1 aromatic heterocycles. The van der Waals surface area contributed by atoms with E-state index in [1.807, 2.05) is 0 Å². The molecule has 1 aliphatic rings. The molecule has 0 amide bonds. The van der Waals surface area contributed by atoms with E-state index in [9.17, 15) is 13.2 Å². The molecule has 2 heterocycles. The summed E-state index contributed by atoms with van der Waals surface area (Å²) >= 11 is 11.8. The number of halogens is 5. The Kier molecular flexibility index (Phi) is 3.53. The number of hydrogen-bond acceptors (Lipinski definition) is 2. The van der Waals surface area contributed by atoms with Crippen molar-refractivity contribution in [3.05, 3.63) is 46.1 Å². The fraction of sp³-hybridized carbons (Fsp3) is 0.308. The number of fused-ring (bicyclic) bond motifs is 1. The molecule has 21 heavy (non-hydrogen) atoms. The summed E-state index contributed by atoms with van der Waals surface area (Å²) < 4.78 is 40.5. The summed E-state index contributed by atoms with van der Waals surface area (Å²) in [4.78, 5) is 0. The molecule has 3 rings (SSSR count). The van der Waals surface area contributed by atoms with Crippen LogP contribution in [0.4, 0.5) is 19.0 Å². The van der Waals surface area contributed by atoms with Crippen LogP contribution >= 0.6 is 23.2 Å². The molecule has 1 aliphatic heterocycles. The van der Waals surface area contributed by atoms with Crippen molar-refractivity contribution in [2.45, 2.75) is 24.7 Å². The Balaban J connectivity index is 1.98. The van der Waals surface area contributed by atoms with Crippen LogP contribution in [0, 0.1) is 0 Å². The molecule has 0 bridgehead atoms.